The van der Waals surface area contributed by atoms with Crippen LogP contribution in [0, 0.1) is 17.2 Å². The van der Waals surface area contributed by atoms with E-state index in [2.05, 4.69) is 25.0 Å². The number of piperidine rings is 3. The lowest BCUT2D eigenvalue weighted by atomic mass is 9.72. The van der Waals surface area contributed by atoms with Crippen LogP contribution < -0.4 is 15.4 Å². The molecule has 4 saturated heterocycles. The third-order valence-electron chi connectivity index (χ3n) is 10.7. The molecule has 2 aromatic rings. The average Bonchev–Trinajstić information content (AvgIpc) is 3.05. The van der Waals surface area contributed by atoms with Crippen molar-refractivity contribution in [3.63, 3.8) is 0 Å². The molecule has 0 bridgehead atoms. The van der Waals surface area contributed by atoms with Crippen LogP contribution in [0.5, 0.6) is 11.6 Å². The van der Waals surface area contributed by atoms with Crippen molar-refractivity contribution in [2.24, 2.45) is 17.1 Å². The Balaban J connectivity index is 1.02. The summed E-state index contributed by atoms with van der Waals surface area (Å²) in [5, 5.41) is 8.17. The van der Waals surface area contributed by atoms with Gasteiger partial charge in [0.1, 0.15) is 17.9 Å². The molecule has 2 N–H and O–H groups in total. The van der Waals surface area contributed by atoms with Crippen molar-refractivity contribution in [1.29, 1.82) is 0 Å². The van der Waals surface area contributed by atoms with Crippen molar-refractivity contribution in [1.82, 2.24) is 33.6 Å². The van der Waals surface area contributed by atoms with Crippen LogP contribution in [-0.2, 0) is 10.2 Å². The van der Waals surface area contributed by atoms with E-state index in [1.807, 2.05) is 27.7 Å². The zero-order chi connectivity index (χ0) is 34.9. The minimum Gasteiger partial charge on any atom is -0.434 e. The van der Waals surface area contributed by atoms with Crippen LogP contribution in [0.3, 0.4) is 0 Å². The molecule has 1 spiro atoms. The Morgan fingerprint density at radius 1 is 1.04 bits per heavy atom. The van der Waals surface area contributed by atoms with Crippen LogP contribution in [0.4, 0.5) is 10.2 Å². The molecule has 1 atom stereocenters. The van der Waals surface area contributed by atoms with Gasteiger partial charge in [0.15, 0.2) is 5.82 Å². The zero-order valence-electron chi connectivity index (χ0n) is 29.3. The highest BCUT2D eigenvalue weighted by Gasteiger charge is 2.47. The molecule has 4 fully saturated rings. The van der Waals surface area contributed by atoms with E-state index in [1.54, 1.807) is 13.5 Å². The normalized spacial score (nSPS) is 22.9. The number of hydrogen-bond acceptors (Lipinski definition) is 10. The van der Waals surface area contributed by atoms with Crippen molar-refractivity contribution in [2.75, 3.05) is 63.8 Å². The molecule has 6 rings (SSSR count). The number of hydrogen-bond donors (Lipinski definition) is 1. The van der Waals surface area contributed by atoms with E-state index >= 15 is 0 Å². The molecule has 15 heteroatoms. The van der Waals surface area contributed by atoms with Gasteiger partial charge in [-0.25, -0.2) is 9.37 Å². The SMILES string of the molecule is CC(C)N(C(=O)c1cc(F)ccc1Oc1nncnc1N1CC2(CCN(CC3CCN(S(=O)(=O)N4CCC[C@@H](N)C4)CC3)CC2)C1)C(C)C. The van der Waals surface area contributed by atoms with Gasteiger partial charge in [-0.1, -0.05) is 0 Å². The van der Waals surface area contributed by atoms with Crippen molar-refractivity contribution in [3.8, 4) is 11.6 Å². The van der Waals surface area contributed by atoms with E-state index in [4.69, 9.17) is 10.5 Å². The Bertz CT molecular complexity index is 1560. The fraction of sp³-hybridized carbons (Fsp3) is 0.706. The minimum absolute atomic E-state index is 0.0726. The average molecular weight is 702 g/mol. The first kappa shape index (κ1) is 35.8. The highest BCUT2D eigenvalue weighted by molar-refractivity contribution is 7.86. The van der Waals surface area contributed by atoms with Crippen LogP contribution in [0.25, 0.3) is 0 Å². The number of amides is 1. The Hall–Kier alpha value is -2.98. The number of anilines is 1. The lowest BCUT2D eigenvalue weighted by Crippen LogP contribution is -2.61. The van der Waals surface area contributed by atoms with Crippen LogP contribution in [-0.4, -0.2) is 125 Å². The molecule has 1 amide bonds. The first-order chi connectivity index (χ1) is 23.3. The standard InChI is InChI=1S/C34H52FN9O4S/c1-24(2)44(25(3)4)33(45)29-18-27(35)7-8-30(29)48-32-31(37-23-38-39-32)41-21-34(22-41)11-16-40(17-12-34)19-26-9-14-42(15-10-26)49(46,47)43-13-5-6-28(36)20-43/h7-8,18,23-26,28H,5-6,9-17,19-22,36H2,1-4H3/t28-/m1/s1. The largest absolute Gasteiger partial charge is 0.434 e. The van der Waals surface area contributed by atoms with Gasteiger partial charge in [0.05, 0.1) is 5.56 Å². The zero-order valence-corrected chi connectivity index (χ0v) is 30.1. The molecule has 1 aromatic carbocycles. The van der Waals surface area contributed by atoms with E-state index in [0.717, 1.165) is 71.2 Å². The molecular weight excluding hydrogens is 649 g/mol. The molecule has 1 aromatic heterocycles. The second kappa shape index (κ2) is 14.7. The number of likely N-dealkylation sites (tertiary alicyclic amines) is 1. The van der Waals surface area contributed by atoms with Gasteiger partial charge >= 0.3 is 0 Å². The Kier molecular flexibility index (Phi) is 10.8. The van der Waals surface area contributed by atoms with Crippen LogP contribution >= 0.6 is 0 Å². The maximum Gasteiger partial charge on any atom is 0.282 e. The van der Waals surface area contributed by atoms with E-state index in [1.165, 1.54) is 24.5 Å². The Labute approximate surface area is 290 Å². The quantitative estimate of drug-likeness (QED) is 0.392. The Morgan fingerprint density at radius 3 is 2.39 bits per heavy atom. The van der Waals surface area contributed by atoms with Gasteiger partial charge in [0, 0.05) is 69.4 Å². The highest BCUT2D eigenvalue weighted by Crippen LogP contribution is 2.44. The summed E-state index contributed by atoms with van der Waals surface area (Å²) in [6.45, 7) is 14.5. The summed E-state index contributed by atoms with van der Waals surface area (Å²) >= 11 is 0. The number of aromatic nitrogens is 3. The predicted molar refractivity (Wildman–Crippen MR) is 185 cm³/mol. The van der Waals surface area contributed by atoms with Crippen LogP contribution in [0.2, 0.25) is 0 Å². The second-order valence-corrected chi connectivity index (χ2v) is 16.9. The van der Waals surface area contributed by atoms with Crippen molar-refractivity contribution >= 4 is 21.9 Å². The predicted octanol–water partition coefficient (Wildman–Crippen LogP) is 3.34. The van der Waals surface area contributed by atoms with Gasteiger partial charge in [-0.15, -0.1) is 10.2 Å². The maximum atomic E-state index is 14.4. The first-order valence-corrected chi connectivity index (χ1v) is 19.2. The number of carbonyl (C=O) groups is 1. The Morgan fingerprint density at radius 2 is 1.73 bits per heavy atom. The topological polar surface area (TPSA) is 141 Å². The van der Waals surface area contributed by atoms with Gasteiger partial charge in [0.2, 0.25) is 0 Å². The number of nitrogens with two attached hydrogens (primary N) is 1. The van der Waals surface area contributed by atoms with Gasteiger partial charge in [0.25, 0.3) is 22.0 Å². The van der Waals surface area contributed by atoms with Crippen molar-refractivity contribution < 1.29 is 22.3 Å². The summed E-state index contributed by atoms with van der Waals surface area (Å²) in [6.07, 6.45) is 7.00. The molecular formula is C34H52FN9O4S. The summed E-state index contributed by atoms with van der Waals surface area (Å²) < 4.78 is 50.2. The lowest BCUT2D eigenvalue weighted by molar-refractivity contribution is 0.0606. The summed E-state index contributed by atoms with van der Waals surface area (Å²) in [7, 11) is -3.44. The molecule has 0 unspecified atom stereocenters. The number of carbonyl (C=O) groups excluding carboxylic acids is 1. The summed E-state index contributed by atoms with van der Waals surface area (Å²) in [4.78, 5) is 24.4. The molecule has 0 radical (unpaired) electrons. The number of halogens is 1. The molecule has 49 heavy (non-hydrogen) atoms. The highest BCUT2D eigenvalue weighted by atomic mass is 32.2. The number of nitrogens with zero attached hydrogens (tertiary/aromatic N) is 8. The minimum atomic E-state index is -3.44. The second-order valence-electron chi connectivity index (χ2n) is 15.0. The fourth-order valence-corrected chi connectivity index (χ4v) is 9.82. The monoisotopic (exact) mass is 701 g/mol. The summed E-state index contributed by atoms with van der Waals surface area (Å²) in [5.41, 5.74) is 6.36. The number of rotatable bonds is 10. The van der Waals surface area contributed by atoms with Gasteiger partial charge < -0.3 is 25.2 Å². The number of benzene rings is 1. The molecule has 0 saturated carbocycles. The molecule has 5 heterocycles. The fourth-order valence-electron chi connectivity index (χ4n) is 8.08. The molecule has 270 valence electrons. The van der Waals surface area contributed by atoms with Gasteiger partial charge in [-0.3, -0.25) is 4.79 Å². The van der Waals surface area contributed by atoms with E-state index in [9.17, 15) is 17.6 Å². The smallest absolute Gasteiger partial charge is 0.282 e. The molecule has 13 nitrogen and oxygen atoms in total. The maximum absolute atomic E-state index is 14.4. The van der Waals surface area contributed by atoms with Gasteiger partial charge in [-0.2, -0.15) is 17.0 Å². The van der Waals surface area contributed by atoms with Crippen molar-refractivity contribution in [2.45, 2.75) is 84.3 Å². The van der Waals surface area contributed by atoms with E-state index in [-0.39, 0.29) is 46.6 Å². The molecule has 0 aliphatic carbocycles. The third kappa shape index (κ3) is 7.85. The van der Waals surface area contributed by atoms with Crippen molar-refractivity contribution in [3.05, 3.63) is 35.9 Å². The van der Waals surface area contributed by atoms with Crippen LogP contribution in [0.1, 0.15) is 76.6 Å². The van der Waals surface area contributed by atoms with Crippen LogP contribution in [0.15, 0.2) is 24.5 Å². The first-order valence-electron chi connectivity index (χ1n) is 17.8. The van der Waals surface area contributed by atoms with E-state index < -0.39 is 16.0 Å². The van der Waals surface area contributed by atoms with Gasteiger partial charge in [-0.05, 0) is 103 Å². The number of ether oxygens (including phenoxy) is 1. The summed E-state index contributed by atoms with van der Waals surface area (Å²) in [6, 6.07) is 3.71. The van der Waals surface area contributed by atoms with E-state index in [0.29, 0.717) is 37.9 Å². The molecule has 4 aliphatic rings. The third-order valence-corrected chi connectivity index (χ3v) is 12.7. The summed E-state index contributed by atoms with van der Waals surface area (Å²) in [5.74, 6) is 0.615. The lowest BCUT2D eigenvalue weighted by Gasteiger charge is -2.54. The molecule has 4 aliphatic heterocycles.